The molecule has 0 saturated heterocycles. The monoisotopic (exact) mass is 438 g/mol. The average molecular weight is 440 g/mol. The van der Waals surface area contributed by atoms with E-state index in [1.165, 1.54) is 36.4 Å². The predicted octanol–water partition coefficient (Wildman–Crippen LogP) is 4.60. The molecule has 0 aliphatic heterocycles. The third kappa shape index (κ3) is 4.59. The van der Waals surface area contributed by atoms with Crippen LogP contribution in [0.4, 0.5) is 8.78 Å². The predicted molar refractivity (Wildman–Crippen MR) is 84.5 cm³/mol. The summed E-state index contributed by atoms with van der Waals surface area (Å²) in [5.41, 5.74) is 0.111. The molecule has 2 aromatic rings. The Kier molecular flexibility index (Phi) is 5.16. The molecule has 0 bridgehead atoms. The number of halogens is 4. The van der Waals surface area contributed by atoms with Crippen molar-refractivity contribution in [1.29, 1.82) is 0 Å². The van der Waals surface area contributed by atoms with Gasteiger partial charge >= 0.3 is 0 Å². The van der Waals surface area contributed by atoms with Crippen molar-refractivity contribution in [3.63, 3.8) is 0 Å². The van der Waals surface area contributed by atoms with E-state index in [4.69, 9.17) is 0 Å². The van der Waals surface area contributed by atoms with Crippen molar-refractivity contribution in [3.8, 4) is 0 Å². The molecule has 0 N–H and O–H groups in total. The molecule has 7 heteroatoms. The van der Waals surface area contributed by atoms with E-state index in [0.717, 1.165) is 0 Å². The van der Waals surface area contributed by atoms with Gasteiger partial charge in [-0.25, -0.2) is 17.2 Å². The first kappa shape index (κ1) is 16.6. The molecule has 21 heavy (non-hydrogen) atoms. The highest BCUT2D eigenvalue weighted by Crippen LogP contribution is 2.22. The SMILES string of the molecule is O=S(=O)(Cc1cc(Br)ccc1F)Cc1cc(Br)ccc1F. The van der Waals surface area contributed by atoms with Crippen LogP contribution in [0.1, 0.15) is 11.1 Å². The van der Waals surface area contributed by atoms with E-state index in [1.807, 2.05) is 0 Å². The average Bonchev–Trinajstić information content (AvgIpc) is 2.37. The normalized spacial score (nSPS) is 11.6. The lowest BCUT2D eigenvalue weighted by atomic mass is 10.2. The van der Waals surface area contributed by atoms with Gasteiger partial charge in [0.15, 0.2) is 9.84 Å². The fraction of sp³-hybridized carbons (Fsp3) is 0.143. The fourth-order valence-corrected chi connectivity index (χ4v) is 4.14. The van der Waals surface area contributed by atoms with E-state index in [0.29, 0.717) is 8.95 Å². The Balaban J connectivity index is 2.26. The van der Waals surface area contributed by atoms with E-state index in [9.17, 15) is 17.2 Å². The molecule has 0 unspecified atom stereocenters. The molecular weight excluding hydrogens is 430 g/mol. The second-order valence-electron chi connectivity index (χ2n) is 4.50. The highest BCUT2D eigenvalue weighted by molar-refractivity contribution is 9.10. The molecule has 0 heterocycles. The van der Waals surface area contributed by atoms with Gasteiger partial charge in [-0.15, -0.1) is 0 Å². The molecule has 112 valence electrons. The van der Waals surface area contributed by atoms with Crippen molar-refractivity contribution in [2.24, 2.45) is 0 Å². The first-order valence-electron chi connectivity index (χ1n) is 5.85. The van der Waals surface area contributed by atoms with Gasteiger partial charge in [-0.05, 0) is 36.4 Å². The van der Waals surface area contributed by atoms with E-state index >= 15 is 0 Å². The Bertz CT molecular complexity index is 717. The van der Waals surface area contributed by atoms with Crippen LogP contribution in [-0.2, 0) is 21.3 Å². The number of hydrogen-bond acceptors (Lipinski definition) is 2. The van der Waals surface area contributed by atoms with Crippen molar-refractivity contribution in [1.82, 2.24) is 0 Å². The van der Waals surface area contributed by atoms with Crippen LogP contribution in [0.3, 0.4) is 0 Å². The highest BCUT2D eigenvalue weighted by atomic mass is 79.9. The first-order valence-corrected chi connectivity index (χ1v) is 9.26. The maximum Gasteiger partial charge on any atom is 0.158 e. The van der Waals surface area contributed by atoms with Crippen LogP contribution in [0.25, 0.3) is 0 Å². The summed E-state index contributed by atoms with van der Waals surface area (Å²) in [7, 11) is -3.69. The highest BCUT2D eigenvalue weighted by Gasteiger charge is 2.18. The second kappa shape index (κ2) is 6.54. The fourth-order valence-electron chi connectivity index (χ4n) is 1.83. The second-order valence-corrected chi connectivity index (χ2v) is 8.40. The van der Waals surface area contributed by atoms with Gasteiger partial charge in [0, 0.05) is 20.1 Å². The van der Waals surface area contributed by atoms with Gasteiger partial charge in [0.1, 0.15) is 11.6 Å². The summed E-state index contributed by atoms with van der Waals surface area (Å²) in [5.74, 6) is -2.16. The zero-order chi connectivity index (χ0) is 15.6. The molecule has 0 radical (unpaired) electrons. The number of sulfone groups is 1. The van der Waals surface area contributed by atoms with Gasteiger partial charge in [-0.2, -0.15) is 0 Å². The van der Waals surface area contributed by atoms with Crippen LogP contribution in [0, 0.1) is 11.6 Å². The Hall–Kier alpha value is -0.790. The Morgan fingerprint density at radius 1 is 0.810 bits per heavy atom. The van der Waals surface area contributed by atoms with Gasteiger partial charge in [0.25, 0.3) is 0 Å². The molecular formula is C14H10Br2F2O2S. The molecule has 0 saturated carbocycles. The molecule has 0 aromatic heterocycles. The number of benzene rings is 2. The Morgan fingerprint density at radius 3 is 1.57 bits per heavy atom. The smallest absolute Gasteiger partial charge is 0.158 e. The Labute approximate surface area is 138 Å². The largest absolute Gasteiger partial charge is 0.228 e. The lowest BCUT2D eigenvalue weighted by Gasteiger charge is -2.08. The minimum atomic E-state index is -3.69. The molecule has 0 fully saturated rings. The van der Waals surface area contributed by atoms with Gasteiger partial charge in [-0.1, -0.05) is 31.9 Å². The van der Waals surface area contributed by atoms with Gasteiger partial charge in [0.05, 0.1) is 11.5 Å². The summed E-state index contributed by atoms with van der Waals surface area (Å²) in [6.45, 7) is 0. The van der Waals surface area contributed by atoms with E-state index < -0.39 is 33.0 Å². The molecule has 2 rings (SSSR count). The number of hydrogen-bond donors (Lipinski definition) is 0. The molecule has 0 spiro atoms. The molecule has 0 aliphatic carbocycles. The van der Waals surface area contributed by atoms with Crippen LogP contribution in [0.2, 0.25) is 0 Å². The quantitative estimate of drug-likeness (QED) is 0.697. The summed E-state index contributed by atoms with van der Waals surface area (Å²) in [6, 6.07) is 8.16. The van der Waals surface area contributed by atoms with Crippen LogP contribution in [0.5, 0.6) is 0 Å². The Morgan fingerprint density at radius 2 is 1.19 bits per heavy atom. The first-order chi connectivity index (χ1) is 9.77. The van der Waals surface area contributed by atoms with E-state index in [2.05, 4.69) is 31.9 Å². The summed E-state index contributed by atoms with van der Waals surface area (Å²) >= 11 is 6.33. The van der Waals surface area contributed by atoms with Crippen LogP contribution >= 0.6 is 31.9 Å². The van der Waals surface area contributed by atoms with Crippen molar-refractivity contribution in [2.45, 2.75) is 11.5 Å². The minimum Gasteiger partial charge on any atom is -0.228 e. The van der Waals surface area contributed by atoms with Gasteiger partial charge < -0.3 is 0 Å². The minimum absolute atomic E-state index is 0.0554. The summed E-state index contributed by atoms with van der Waals surface area (Å²) in [4.78, 5) is 0. The van der Waals surface area contributed by atoms with Crippen LogP contribution < -0.4 is 0 Å². The van der Waals surface area contributed by atoms with Crippen molar-refractivity contribution in [2.75, 3.05) is 0 Å². The van der Waals surface area contributed by atoms with Crippen LogP contribution in [-0.4, -0.2) is 8.42 Å². The third-order valence-corrected chi connectivity index (χ3v) is 5.25. The zero-order valence-corrected chi connectivity index (χ0v) is 14.6. The van der Waals surface area contributed by atoms with Crippen molar-refractivity contribution in [3.05, 3.63) is 68.1 Å². The van der Waals surface area contributed by atoms with Crippen molar-refractivity contribution < 1.29 is 17.2 Å². The molecule has 0 amide bonds. The van der Waals surface area contributed by atoms with Gasteiger partial charge in [0.2, 0.25) is 0 Å². The third-order valence-electron chi connectivity index (χ3n) is 2.77. The number of rotatable bonds is 4. The topological polar surface area (TPSA) is 34.1 Å². The van der Waals surface area contributed by atoms with Gasteiger partial charge in [-0.3, -0.25) is 0 Å². The lowest BCUT2D eigenvalue weighted by molar-refractivity contribution is 0.580. The molecule has 2 aromatic carbocycles. The summed E-state index contributed by atoms with van der Waals surface area (Å²) < 4.78 is 52.7. The van der Waals surface area contributed by atoms with Crippen LogP contribution in [0.15, 0.2) is 45.3 Å². The van der Waals surface area contributed by atoms with Crippen molar-refractivity contribution >= 4 is 41.7 Å². The zero-order valence-electron chi connectivity index (χ0n) is 10.6. The summed E-state index contributed by atoms with van der Waals surface area (Å²) in [6.07, 6.45) is 0. The maximum absolute atomic E-state index is 13.6. The summed E-state index contributed by atoms with van der Waals surface area (Å²) in [5, 5.41) is 0. The standard InChI is InChI=1S/C14H10Br2F2O2S/c15-11-1-3-13(17)9(5-11)7-21(19,20)8-10-6-12(16)2-4-14(10)18/h1-6H,7-8H2. The lowest BCUT2D eigenvalue weighted by Crippen LogP contribution is -2.10. The molecule has 0 aliphatic rings. The maximum atomic E-state index is 13.6. The molecule has 2 nitrogen and oxygen atoms in total. The van der Waals surface area contributed by atoms with E-state index in [1.54, 1.807) is 0 Å². The molecule has 0 atom stereocenters. The van der Waals surface area contributed by atoms with E-state index in [-0.39, 0.29) is 11.1 Å².